The van der Waals surface area contributed by atoms with Gasteiger partial charge in [-0.1, -0.05) is 31.7 Å². The quantitative estimate of drug-likeness (QED) is 0.785. The number of carbonyl (C=O) groups is 1. The van der Waals surface area contributed by atoms with Gasteiger partial charge in [0.2, 0.25) is 0 Å². The van der Waals surface area contributed by atoms with Crippen LogP contribution in [-0.4, -0.2) is 22.0 Å². The molecule has 118 valence electrons. The molecular weight excluding hydrogens is 276 g/mol. The summed E-state index contributed by atoms with van der Waals surface area (Å²) in [6.45, 7) is 4.25. The minimum atomic E-state index is -0.262. The number of esters is 1. The van der Waals surface area contributed by atoms with Crippen LogP contribution in [0, 0.1) is 12.8 Å². The summed E-state index contributed by atoms with van der Waals surface area (Å²) < 4.78 is 7.13. The van der Waals surface area contributed by atoms with E-state index < -0.39 is 0 Å². The Labute approximate surface area is 131 Å². The van der Waals surface area contributed by atoms with Gasteiger partial charge in [0.25, 0.3) is 0 Å². The first-order chi connectivity index (χ1) is 10.7. The highest BCUT2D eigenvalue weighted by Crippen LogP contribution is 2.29. The Balaban J connectivity index is 1.92. The summed E-state index contributed by atoms with van der Waals surface area (Å²) in [5, 5.41) is 0. The number of nitrogens with zero attached hydrogens (tertiary/aromatic N) is 2. The second-order valence-corrected chi connectivity index (χ2v) is 6.25. The van der Waals surface area contributed by atoms with Gasteiger partial charge in [-0.05, 0) is 44.2 Å². The van der Waals surface area contributed by atoms with Gasteiger partial charge in [0.15, 0.2) is 5.69 Å². The van der Waals surface area contributed by atoms with Crippen LogP contribution < -0.4 is 0 Å². The predicted molar refractivity (Wildman–Crippen MR) is 86.2 cm³/mol. The molecule has 4 heteroatoms. The first-order valence-corrected chi connectivity index (χ1v) is 8.33. The van der Waals surface area contributed by atoms with Crippen molar-refractivity contribution < 1.29 is 9.53 Å². The molecule has 0 radical (unpaired) electrons. The van der Waals surface area contributed by atoms with Gasteiger partial charge >= 0.3 is 5.97 Å². The molecule has 0 aliphatic heterocycles. The molecule has 0 aromatic carbocycles. The number of hydrogen-bond acceptors (Lipinski definition) is 3. The number of pyridine rings is 1. The Bertz CT molecular complexity index is 669. The fourth-order valence-electron chi connectivity index (χ4n) is 3.43. The molecule has 0 spiro atoms. The monoisotopic (exact) mass is 300 g/mol. The smallest absolute Gasteiger partial charge is 0.357 e. The third-order valence-corrected chi connectivity index (χ3v) is 4.57. The zero-order valence-electron chi connectivity index (χ0n) is 13.5. The average Bonchev–Trinajstić information content (AvgIpc) is 3.11. The van der Waals surface area contributed by atoms with Crippen LogP contribution >= 0.6 is 0 Å². The van der Waals surface area contributed by atoms with E-state index >= 15 is 0 Å². The van der Waals surface area contributed by atoms with Crippen molar-refractivity contribution in [1.29, 1.82) is 0 Å². The van der Waals surface area contributed by atoms with Crippen LogP contribution in [0.5, 0.6) is 0 Å². The maximum atomic E-state index is 12.4. The summed E-state index contributed by atoms with van der Waals surface area (Å²) in [5.41, 5.74) is 3.43. The minimum absolute atomic E-state index is 0.262. The third kappa shape index (κ3) is 3.01. The van der Waals surface area contributed by atoms with Crippen molar-refractivity contribution in [2.24, 2.45) is 5.92 Å². The highest BCUT2D eigenvalue weighted by Gasteiger charge is 2.22. The standard InChI is InChI=1S/C18H24N2O2/c1-3-22-18(21)17-15(10-9-14-6-4-5-7-14)19-16-11-8-13(2)12-20(16)17/h8,11-12,14H,3-7,9-10H2,1-2H3. The molecule has 1 fully saturated rings. The van der Waals surface area contributed by atoms with Crippen LogP contribution in [0.4, 0.5) is 0 Å². The lowest BCUT2D eigenvalue weighted by Gasteiger charge is -2.08. The average molecular weight is 300 g/mol. The second-order valence-electron chi connectivity index (χ2n) is 6.25. The van der Waals surface area contributed by atoms with Gasteiger partial charge in [-0.3, -0.25) is 4.40 Å². The molecule has 4 nitrogen and oxygen atoms in total. The third-order valence-electron chi connectivity index (χ3n) is 4.57. The van der Waals surface area contributed by atoms with Crippen molar-refractivity contribution in [3.8, 4) is 0 Å². The molecule has 0 atom stereocenters. The fraction of sp³-hybridized carbons (Fsp3) is 0.556. The number of ether oxygens (including phenoxy) is 1. The van der Waals surface area contributed by atoms with Crippen molar-refractivity contribution >= 4 is 11.6 Å². The number of imidazole rings is 1. The second kappa shape index (κ2) is 6.51. The number of rotatable bonds is 5. The van der Waals surface area contributed by atoms with Crippen LogP contribution in [0.1, 0.15) is 60.8 Å². The number of aromatic nitrogens is 2. The molecule has 2 heterocycles. The predicted octanol–water partition coefficient (Wildman–Crippen LogP) is 3.94. The van der Waals surface area contributed by atoms with Gasteiger partial charge in [0.1, 0.15) is 5.65 Å². The molecule has 1 aliphatic carbocycles. The van der Waals surface area contributed by atoms with Crippen LogP contribution in [-0.2, 0) is 11.2 Å². The van der Waals surface area contributed by atoms with E-state index in [9.17, 15) is 4.79 Å². The van der Waals surface area contributed by atoms with E-state index in [2.05, 4.69) is 4.98 Å². The highest BCUT2D eigenvalue weighted by atomic mass is 16.5. The van der Waals surface area contributed by atoms with Crippen LogP contribution in [0.25, 0.3) is 5.65 Å². The molecule has 2 aromatic rings. The molecule has 1 aliphatic rings. The summed E-state index contributed by atoms with van der Waals surface area (Å²) in [6.07, 6.45) is 9.28. The topological polar surface area (TPSA) is 43.6 Å². The Kier molecular flexibility index (Phi) is 4.46. The summed E-state index contributed by atoms with van der Waals surface area (Å²) >= 11 is 0. The Morgan fingerprint density at radius 2 is 2.14 bits per heavy atom. The largest absolute Gasteiger partial charge is 0.461 e. The summed E-state index contributed by atoms with van der Waals surface area (Å²) in [7, 11) is 0. The van der Waals surface area contributed by atoms with Gasteiger partial charge in [0, 0.05) is 6.20 Å². The van der Waals surface area contributed by atoms with Crippen molar-refractivity contribution in [3.63, 3.8) is 0 Å². The van der Waals surface area contributed by atoms with Gasteiger partial charge < -0.3 is 4.74 Å². The van der Waals surface area contributed by atoms with E-state index in [0.29, 0.717) is 12.3 Å². The molecule has 0 unspecified atom stereocenters. The van der Waals surface area contributed by atoms with Gasteiger partial charge in [-0.25, -0.2) is 9.78 Å². The van der Waals surface area contributed by atoms with Crippen molar-refractivity contribution in [3.05, 3.63) is 35.3 Å². The Hall–Kier alpha value is -1.84. The molecule has 3 rings (SSSR count). The molecule has 1 saturated carbocycles. The van der Waals surface area contributed by atoms with Crippen molar-refractivity contribution in [1.82, 2.24) is 9.38 Å². The lowest BCUT2D eigenvalue weighted by Crippen LogP contribution is -2.11. The van der Waals surface area contributed by atoms with Gasteiger partial charge in [0.05, 0.1) is 12.3 Å². The van der Waals surface area contributed by atoms with Crippen LogP contribution in [0.15, 0.2) is 18.3 Å². The first kappa shape index (κ1) is 15.1. The molecule has 0 N–H and O–H groups in total. The Morgan fingerprint density at radius 3 is 2.86 bits per heavy atom. The van der Waals surface area contributed by atoms with Gasteiger partial charge in [-0.2, -0.15) is 0 Å². The molecular formula is C18H24N2O2. The summed E-state index contributed by atoms with van der Waals surface area (Å²) in [5.74, 6) is 0.531. The highest BCUT2D eigenvalue weighted by molar-refractivity contribution is 5.90. The minimum Gasteiger partial charge on any atom is -0.461 e. The van der Waals surface area contributed by atoms with Crippen LogP contribution in [0.2, 0.25) is 0 Å². The van der Waals surface area contributed by atoms with Crippen molar-refractivity contribution in [2.45, 2.75) is 52.4 Å². The lowest BCUT2D eigenvalue weighted by molar-refractivity contribution is 0.0516. The molecule has 0 saturated heterocycles. The van der Waals surface area contributed by atoms with E-state index in [-0.39, 0.29) is 5.97 Å². The Morgan fingerprint density at radius 1 is 1.36 bits per heavy atom. The van der Waals surface area contributed by atoms with Crippen LogP contribution in [0.3, 0.4) is 0 Å². The van der Waals surface area contributed by atoms with E-state index in [1.54, 1.807) is 0 Å². The molecule has 22 heavy (non-hydrogen) atoms. The number of aryl methyl sites for hydroxylation is 2. The van der Waals surface area contributed by atoms with Gasteiger partial charge in [-0.15, -0.1) is 0 Å². The molecule has 2 aromatic heterocycles. The molecule has 0 amide bonds. The first-order valence-electron chi connectivity index (χ1n) is 8.33. The van der Waals surface area contributed by atoms with E-state index in [4.69, 9.17) is 4.74 Å². The zero-order chi connectivity index (χ0) is 15.5. The number of hydrogen-bond donors (Lipinski definition) is 0. The van der Waals surface area contributed by atoms with E-state index in [0.717, 1.165) is 35.7 Å². The maximum Gasteiger partial charge on any atom is 0.357 e. The lowest BCUT2D eigenvalue weighted by atomic mass is 10.00. The maximum absolute atomic E-state index is 12.4. The number of carbonyl (C=O) groups excluding carboxylic acids is 1. The number of fused-ring (bicyclic) bond motifs is 1. The van der Waals surface area contributed by atoms with E-state index in [1.807, 2.05) is 36.6 Å². The summed E-state index contributed by atoms with van der Waals surface area (Å²) in [6, 6.07) is 4.00. The molecule has 0 bridgehead atoms. The van der Waals surface area contributed by atoms with E-state index in [1.165, 1.54) is 25.7 Å². The fourth-order valence-corrected chi connectivity index (χ4v) is 3.43. The SMILES string of the molecule is CCOC(=O)c1c(CCC2CCCC2)nc2ccc(C)cn12. The summed E-state index contributed by atoms with van der Waals surface area (Å²) in [4.78, 5) is 17.0. The zero-order valence-corrected chi connectivity index (χ0v) is 13.5. The van der Waals surface area contributed by atoms with Crippen molar-refractivity contribution in [2.75, 3.05) is 6.61 Å². The normalized spacial score (nSPS) is 15.5.